The van der Waals surface area contributed by atoms with Crippen LogP contribution in [0.5, 0.6) is 5.75 Å². The van der Waals surface area contributed by atoms with E-state index < -0.39 is 0 Å². The van der Waals surface area contributed by atoms with Crippen LogP contribution in [0.15, 0.2) is 30.5 Å². The van der Waals surface area contributed by atoms with Crippen molar-refractivity contribution in [2.24, 2.45) is 0 Å². The van der Waals surface area contributed by atoms with E-state index in [4.69, 9.17) is 4.74 Å². The van der Waals surface area contributed by atoms with Crippen LogP contribution >= 0.6 is 0 Å². The van der Waals surface area contributed by atoms with Crippen molar-refractivity contribution in [2.75, 3.05) is 38.6 Å². The van der Waals surface area contributed by atoms with Gasteiger partial charge in [-0.05, 0) is 50.3 Å². The van der Waals surface area contributed by atoms with Gasteiger partial charge in [0.15, 0.2) is 0 Å². The number of rotatable bonds is 8. The van der Waals surface area contributed by atoms with Gasteiger partial charge in [0.05, 0.1) is 12.6 Å². The van der Waals surface area contributed by atoms with Gasteiger partial charge in [0.1, 0.15) is 5.75 Å². The van der Waals surface area contributed by atoms with Crippen LogP contribution in [0.4, 0.5) is 5.69 Å². The van der Waals surface area contributed by atoms with E-state index in [2.05, 4.69) is 29.0 Å². The number of nitrogens with one attached hydrogen (secondary N) is 1. The minimum absolute atomic E-state index is 0.863. The van der Waals surface area contributed by atoms with E-state index in [0.717, 1.165) is 54.9 Å². The van der Waals surface area contributed by atoms with Gasteiger partial charge in [-0.15, -0.1) is 0 Å². The summed E-state index contributed by atoms with van der Waals surface area (Å²) in [5, 5.41) is 4.63. The lowest BCUT2D eigenvalue weighted by molar-refractivity contribution is 0.303. The number of nitrogens with zero attached hydrogens (tertiary/aromatic N) is 2. The summed E-state index contributed by atoms with van der Waals surface area (Å²) in [4.78, 5) is 6.84. The van der Waals surface area contributed by atoms with Crippen LogP contribution in [0.25, 0.3) is 10.9 Å². The van der Waals surface area contributed by atoms with Crippen LogP contribution in [-0.2, 0) is 0 Å². The minimum Gasteiger partial charge on any atom is -0.497 e. The summed E-state index contributed by atoms with van der Waals surface area (Å²) >= 11 is 0. The minimum atomic E-state index is 0.863. The fraction of sp³-hybridized carbons (Fsp3) is 0.471. The lowest BCUT2D eigenvalue weighted by atomic mass is 10.1. The molecule has 0 saturated carbocycles. The molecular formula is C17H25N3O. The molecule has 2 aromatic rings. The normalized spacial score (nSPS) is 11.0. The average molecular weight is 287 g/mol. The highest BCUT2D eigenvalue weighted by molar-refractivity contribution is 5.92. The molecule has 0 atom stereocenters. The molecule has 0 fully saturated rings. The zero-order chi connectivity index (χ0) is 15.1. The van der Waals surface area contributed by atoms with Gasteiger partial charge in [0, 0.05) is 23.8 Å². The quantitative estimate of drug-likeness (QED) is 0.755. The Labute approximate surface area is 127 Å². The molecule has 1 aromatic heterocycles. The maximum absolute atomic E-state index is 5.30. The van der Waals surface area contributed by atoms with Gasteiger partial charge in [0.25, 0.3) is 0 Å². The molecule has 1 aromatic carbocycles. The molecule has 0 spiro atoms. The first kappa shape index (κ1) is 15.6. The standard InChI is InChI=1S/C17H25N3O/c1-4-20(5-2)12-6-10-18-17-9-11-19-16-8-7-14(21-3)13-15(16)17/h7-9,11,13H,4-6,10,12H2,1-3H3,(H,18,19). The SMILES string of the molecule is CCN(CC)CCCNc1ccnc2ccc(OC)cc12. The Morgan fingerprint density at radius 2 is 2.00 bits per heavy atom. The maximum atomic E-state index is 5.30. The topological polar surface area (TPSA) is 37.4 Å². The molecule has 1 N–H and O–H groups in total. The van der Waals surface area contributed by atoms with Gasteiger partial charge in [-0.3, -0.25) is 4.98 Å². The summed E-state index contributed by atoms with van der Waals surface area (Å²) in [6.07, 6.45) is 2.98. The van der Waals surface area contributed by atoms with Crippen LogP contribution in [-0.4, -0.2) is 43.2 Å². The molecule has 0 bridgehead atoms. The van der Waals surface area contributed by atoms with Gasteiger partial charge in [-0.2, -0.15) is 0 Å². The number of benzene rings is 1. The molecule has 114 valence electrons. The van der Waals surface area contributed by atoms with Crippen LogP contribution < -0.4 is 10.1 Å². The summed E-state index contributed by atoms with van der Waals surface area (Å²) in [5.74, 6) is 0.863. The van der Waals surface area contributed by atoms with Gasteiger partial charge >= 0.3 is 0 Å². The van der Waals surface area contributed by atoms with Crippen LogP contribution in [0.2, 0.25) is 0 Å². The number of methoxy groups -OCH3 is 1. The summed E-state index contributed by atoms with van der Waals surface area (Å²) in [5.41, 5.74) is 2.11. The fourth-order valence-electron chi connectivity index (χ4n) is 2.47. The fourth-order valence-corrected chi connectivity index (χ4v) is 2.47. The second-order valence-corrected chi connectivity index (χ2v) is 5.05. The monoisotopic (exact) mass is 287 g/mol. The average Bonchev–Trinajstić information content (AvgIpc) is 2.54. The molecule has 21 heavy (non-hydrogen) atoms. The molecule has 0 aliphatic rings. The highest BCUT2D eigenvalue weighted by Crippen LogP contribution is 2.25. The van der Waals surface area contributed by atoms with E-state index in [9.17, 15) is 0 Å². The van der Waals surface area contributed by atoms with Crippen molar-refractivity contribution < 1.29 is 4.74 Å². The number of hydrogen-bond acceptors (Lipinski definition) is 4. The second-order valence-electron chi connectivity index (χ2n) is 5.05. The summed E-state index contributed by atoms with van der Waals surface area (Å²) in [6, 6.07) is 8.00. The Hall–Kier alpha value is -1.81. The van der Waals surface area contributed by atoms with Crippen LogP contribution in [0.3, 0.4) is 0 Å². The van der Waals surface area contributed by atoms with E-state index in [1.165, 1.54) is 0 Å². The first-order valence-corrected chi connectivity index (χ1v) is 7.67. The number of hydrogen-bond donors (Lipinski definition) is 1. The molecule has 1 heterocycles. The van der Waals surface area contributed by atoms with Crippen molar-refractivity contribution >= 4 is 16.6 Å². The van der Waals surface area contributed by atoms with E-state index in [0.29, 0.717) is 0 Å². The largest absolute Gasteiger partial charge is 0.497 e. The number of ether oxygens (including phenoxy) is 1. The number of fused-ring (bicyclic) bond motifs is 1. The molecule has 4 nitrogen and oxygen atoms in total. The van der Waals surface area contributed by atoms with Crippen LogP contribution in [0.1, 0.15) is 20.3 Å². The van der Waals surface area contributed by atoms with Crippen molar-refractivity contribution in [1.82, 2.24) is 9.88 Å². The number of pyridine rings is 1. The maximum Gasteiger partial charge on any atom is 0.119 e. The van der Waals surface area contributed by atoms with Crippen LogP contribution in [0, 0.1) is 0 Å². The third-order valence-electron chi connectivity index (χ3n) is 3.81. The lowest BCUT2D eigenvalue weighted by Gasteiger charge is -2.18. The van der Waals surface area contributed by atoms with Crippen molar-refractivity contribution in [1.29, 1.82) is 0 Å². The van der Waals surface area contributed by atoms with E-state index >= 15 is 0 Å². The molecule has 0 unspecified atom stereocenters. The zero-order valence-electron chi connectivity index (χ0n) is 13.2. The predicted molar refractivity (Wildman–Crippen MR) is 89.2 cm³/mol. The first-order valence-electron chi connectivity index (χ1n) is 7.67. The molecule has 2 rings (SSSR count). The number of aromatic nitrogens is 1. The Kier molecular flexibility index (Phi) is 5.81. The van der Waals surface area contributed by atoms with Crippen molar-refractivity contribution in [3.63, 3.8) is 0 Å². The van der Waals surface area contributed by atoms with Gasteiger partial charge in [0.2, 0.25) is 0 Å². The van der Waals surface area contributed by atoms with Crippen molar-refractivity contribution in [3.05, 3.63) is 30.5 Å². The lowest BCUT2D eigenvalue weighted by Crippen LogP contribution is -2.25. The third kappa shape index (κ3) is 4.08. The summed E-state index contributed by atoms with van der Waals surface area (Å²) in [6.45, 7) is 8.75. The molecule has 0 saturated heterocycles. The highest BCUT2D eigenvalue weighted by Gasteiger charge is 2.04. The Balaban J connectivity index is 2.01. The molecule has 0 aliphatic heterocycles. The van der Waals surface area contributed by atoms with E-state index in [1.54, 1.807) is 7.11 Å². The van der Waals surface area contributed by atoms with Gasteiger partial charge in [-0.1, -0.05) is 13.8 Å². The van der Waals surface area contributed by atoms with Crippen molar-refractivity contribution in [3.8, 4) is 5.75 Å². The third-order valence-corrected chi connectivity index (χ3v) is 3.81. The highest BCUT2D eigenvalue weighted by atomic mass is 16.5. The van der Waals surface area contributed by atoms with Gasteiger partial charge < -0.3 is 15.0 Å². The Morgan fingerprint density at radius 3 is 2.71 bits per heavy atom. The molecule has 4 heteroatoms. The molecule has 0 radical (unpaired) electrons. The van der Waals surface area contributed by atoms with Crippen molar-refractivity contribution in [2.45, 2.75) is 20.3 Å². The predicted octanol–water partition coefficient (Wildman–Crippen LogP) is 3.39. The Bertz CT molecular complexity index is 567. The molecule has 0 aliphatic carbocycles. The Morgan fingerprint density at radius 1 is 1.19 bits per heavy atom. The summed E-state index contributed by atoms with van der Waals surface area (Å²) in [7, 11) is 1.69. The van der Waals surface area contributed by atoms with E-state index in [-0.39, 0.29) is 0 Å². The first-order chi connectivity index (χ1) is 10.3. The summed E-state index contributed by atoms with van der Waals surface area (Å²) < 4.78 is 5.30. The van der Waals surface area contributed by atoms with Gasteiger partial charge in [-0.25, -0.2) is 0 Å². The number of anilines is 1. The molecule has 0 amide bonds. The second kappa shape index (κ2) is 7.84. The van der Waals surface area contributed by atoms with E-state index in [1.807, 2.05) is 30.5 Å². The smallest absolute Gasteiger partial charge is 0.119 e. The molecular weight excluding hydrogens is 262 g/mol. The zero-order valence-corrected chi connectivity index (χ0v) is 13.2.